The van der Waals surface area contributed by atoms with Crippen LogP contribution in [0, 0.1) is 11.7 Å². The summed E-state index contributed by atoms with van der Waals surface area (Å²) in [4.78, 5) is 23.2. The summed E-state index contributed by atoms with van der Waals surface area (Å²) >= 11 is 0. The lowest BCUT2D eigenvalue weighted by Crippen LogP contribution is -2.35. The van der Waals surface area contributed by atoms with Gasteiger partial charge in [0.15, 0.2) is 9.84 Å². The van der Waals surface area contributed by atoms with Gasteiger partial charge < -0.3 is 10.2 Å². The molecule has 1 aromatic heterocycles. The first-order valence-electron chi connectivity index (χ1n) is 10.2. The van der Waals surface area contributed by atoms with E-state index < -0.39 is 15.7 Å². The van der Waals surface area contributed by atoms with Gasteiger partial charge in [-0.05, 0) is 48.9 Å². The summed E-state index contributed by atoms with van der Waals surface area (Å²) in [5.74, 6) is -0.261. The van der Waals surface area contributed by atoms with Gasteiger partial charge in [0.1, 0.15) is 5.82 Å². The maximum absolute atomic E-state index is 14.2. The summed E-state index contributed by atoms with van der Waals surface area (Å²) < 4.78 is 37.2. The zero-order chi connectivity index (χ0) is 22.6. The molecular formula is C22H27FN4O3S. The maximum atomic E-state index is 14.2. The van der Waals surface area contributed by atoms with Crippen molar-refractivity contribution in [2.45, 2.75) is 37.5 Å². The van der Waals surface area contributed by atoms with Crippen LogP contribution in [0.4, 0.5) is 16.0 Å². The molecule has 0 spiro atoms. The second-order valence-corrected chi connectivity index (χ2v) is 9.82. The molecular weight excluding hydrogens is 419 g/mol. The van der Waals surface area contributed by atoms with Crippen LogP contribution in [0.25, 0.3) is 0 Å². The van der Waals surface area contributed by atoms with Gasteiger partial charge in [-0.25, -0.2) is 22.8 Å². The standard InChI is InChI=1S/C22H27FN4O3S/c1-4-16-13-24-22(25-14-16)27-9-7-17(8-10-27)15(2)11-21(28)26-20-6-5-18(12-19(20)23)31(3,29)30/h5-6,12-14,17H,2,4,7-11H2,1,3H3,(H,26,28). The van der Waals surface area contributed by atoms with Gasteiger partial charge in [-0.15, -0.1) is 0 Å². The first-order valence-corrected chi connectivity index (χ1v) is 12.1. The van der Waals surface area contributed by atoms with Gasteiger partial charge in [-0.1, -0.05) is 19.1 Å². The average molecular weight is 447 g/mol. The fraction of sp³-hybridized carbons (Fsp3) is 0.409. The minimum Gasteiger partial charge on any atom is -0.341 e. The normalized spacial score (nSPS) is 15.0. The van der Waals surface area contributed by atoms with E-state index in [2.05, 4.69) is 33.7 Å². The lowest BCUT2D eigenvalue weighted by atomic mass is 9.88. The van der Waals surface area contributed by atoms with Crippen LogP contribution in [0.5, 0.6) is 0 Å². The summed E-state index contributed by atoms with van der Waals surface area (Å²) in [6.45, 7) is 7.68. The van der Waals surface area contributed by atoms with E-state index in [4.69, 9.17) is 0 Å². The SMILES string of the molecule is C=C(CC(=O)Nc1ccc(S(C)(=O)=O)cc1F)C1CCN(c2ncc(CC)cn2)CC1. The molecule has 1 fully saturated rings. The van der Waals surface area contributed by atoms with Crippen LogP contribution in [-0.2, 0) is 21.1 Å². The number of amides is 1. The molecule has 7 nitrogen and oxygen atoms in total. The van der Waals surface area contributed by atoms with Crippen LogP contribution in [-0.4, -0.2) is 43.6 Å². The Labute approximate surface area is 182 Å². The van der Waals surface area contributed by atoms with Gasteiger partial charge in [0, 0.05) is 38.2 Å². The van der Waals surface area contributed by atoms with E-state index in [1.165, 1.54) is 12.1 Å². The highest BCUT2D eigenvalue weighted by molar-refractivity contribution is 7.90. The fourth-order valence-corrected chi connectivity index (χ4v) is 4.19. The lowest BCUT2D eigenvalue weighted by Gasteiger charge is -2.32. The fourth-order valence-electron chi connectivity index (χ4n) is 3.55. The van der Waals surface area contributed by atoms with Crippen LogP contribution in [0.1, 0.15) is 31.7 Å². The number of halogens is 1. The van der Waals surface area contributed by atoms with Crippen LogP contribution in [0.15, 0.2) is 47.6 Å². The van der Waals surface area contributed by atoms with Crippen molar-refractivity contribution in [3.63, 3.8) is 0 Å². The number of hydrogen-bond acceptors (Lipinski definition) is 6. The van der Waals surface area contributed by atoms with E-state index in [1.54, 1.807) is 0 Å². The Hall–Kier alpha value is -2.81. The van der Waals surface area contributed by atoms with Crippen molar-refractivity contribution in [2.75, 3.05) is 29.6 Å². The largest absolute Gasteiger partial charge is 0.341 e. The number of carbonyl (C=O) groups excluding carboxylic acids is 1. The number of sulfone groups is 1. The second-order valence-electron chi connectivity index (χ2n) is 7.80. The van der Waals surface area contributed by atoms with Crippen molar-refractivity contribution in [3.8, 4) is 0 Å². The number of anilines is 2. The molecule has 1 aromatic carbocycles. The molecule has 1 aliphatic heterocycles. The van der Waals surface area contributed by atoms with Crippen molar-refractivity contribution in [1.29, 1.82) is 0 Å². The molecule has 0 atom stereocenters. The molecule has 1 amide bonds. The molecule has 1 N–H and O–H groups in total. The van der Waals surface area contributed by atoms with Crippen molar-refractivity contribution in [2.24, 2.45) is 5.92 Å². The number of aromatic nitrogens is 2. The average Bonchev–Trinajstić information content (AvgIpc) is 2.74. The molecule has 166 valence electrons. The number of piperidine rings is 1. The van der Waals surface area contributed by atoms with Gasteiger partial charge in [0.05, 0.1) is 10.6 Å². The third-order valence-corrected chi connectivity index (χ3v) is 6.60. The zero-order valence-electron chi connectivity index (χ0n) is 17.8. The third-order valence-electron chi connectivity index (χ3n) is 5.49. The number of hydrogen-bond donors (Lipinski definition) is 1. The Morgan fingerprint density at radius 1 is 1.26 bits per heavy atom. The highest BCUT2D eigenvalue weighted by Crippen LogP contribution is 2.28. The number of nitrogens with one attached hydrogen (secondary N) is 1. The molecule has 2 aromatic rings. The van der Waals surface area contributed by atoms with E-state index in [1.807, 2.05) is 12.4 Å². The molecule has 2 heterocycles. The van der Waals surface area contributed by atoms with Gasteiger partial charge in [0.25, 0.3) is 0 Å². The van der Waals surface area contributed by atoms with E-state index in [9.17, 15) is 17.6 Å². The van der Waals surface area contributed by atoms with Gasteiger partial charge in [-0.2, -0.15) is 0 Å². The predicted octanol–water partition coefficient (Wildman–Crippen LogP) is 3.38. The molecule has 1 aliphatic rings. The quantitative estimate of drug-likeness (QED) is 0.656. The van der Waals surface area contributed by atoms with Crippen LogP contribution >= 0.6 is 0 Å². The van der Waals surface area contributed by atoms with E-state index in [-0.39, 0.29) is 28.8 Å². The summed E-state index contributed by atoms with van der Waals surface area (Å²) in [6, 6.07) is 3.44. The van der Waals surface area contributed by atoms with E-state index >= 15 is 0 Å². The Bertz CT molecular complexity index is 1060. The Morgan fingerprint density at radius 3 is 2.45 bits per heavy atom. The van der Waals surface area contributed by atoms with Crippen molar-refractivity contribution in [3.05, 3.63) is 54.1 Å². The van der Waals surface area contributed by atoms with Crippen LogP contribution in [0.3, 0.4) is 0 Å². The lowest BCUT2D eigenvalue weighted by molar-refractivity contribution is -0.115. The number of carbonyl (C=O) groups is 1. The molecule has 1 saturated heterocycles. The zero-order valence-corrected chi connectivity index (χ0v) is 18.6. The van der Waals surface area contributed by atoms with Crippen LogP contribution in [0.2, 0.25) is 0 Å². The number of nitrogens with zero attached hydrogens (tertiary/aromatic N) is 3. The molecule has 0 saturated carbocycles. The Morgan fingerprint density at radius 2 is 1.90 bits per heavy atom. The molecule has 0 aliphatic carbocycles. The van der Waals surface area contributed by atoms with Crippen molar-refractivity contribution >= 4 is 27.4 Å². The van der Waals surface area contributed by atoms with Crippen molar-refractivity contribution < 1.29 is 17.6 Å². The molecule has 3 rings (SSSR count). The highest BCUT2D eigenvalue weighted by atomic mass is 32.2. The minimum absolute atomic E-state index is 0.0484. The monoisotopic (exact) mass is 446 g/mol. The minimum atomic E-state index is -3.51. The molecule has 0 bridgehead atoms. The summed E-state index contributed by atoms with van der Waals surface area (Å²) in [6.07, 6.45) is 7.35. The second kappa shape index (κ2) is 9.55. The van der Waals surface area contributed by atoms with Gasteiger partial charge in [-0.3, -0.25) is 4.79 Å². The number of benzene rings is 1. The molecule has 0 radical (unpaired) electrons. The maximum Gasteiger partial charge on any atom is 0.228 e. The molecule has 9 heteroatoms. The Kier molecular flexibility index (Phi) is 7.04. The molecule has 0 unspecified atom stereocenters. The first kappa shape index (κ1) is 22.9. The van der Waals surface area contributed by atoms with Gasteiger partial charge in [0.2, 0.25) is 11.9 Å². The van der Waals surface area contributed by atoms with Crippen LogP contribution < -0.4 is 10.2 Å². The van der Waals surface area contributed by atoms with Crippen molar-refractivity contribution in [1.82, 2.24) is 9.97 Å². The highest BCUT2D eigenvalue weighted by Gasteiger charge is 2.24. The first-order chi connectivity index (χ1) is 14.7. The van der Waals surface area contributed by atoms with E-state index in [0.717, 1.165) is 55.8 Å². The smallest absolute Gasteiger partial charge is 0.228 e. The van der Waals surface area contributed by atoms with Gasteiger partial charge >= 0.3 is 0 Å². The summed E-state index contributed by atoms with van der Waals surface area (Å²) in [5.41, 5.74) is 1.85. The summed E-state index contributed by atoms with van der Waals surface area (Å²) in [5, 5.41) is 2.50. The predicted molar refractivity (Wildman–Crippen MR) is 118 cm³/mol. The number of rotatable bonds is 7. The third kappa shape index (κ3) is 5.88. The summed E-state index contributed by atoms with van der Waals surface area (Å²) in [7, 11) is -3.51. The molecule has 31 heavy (non-hydrogen) atoms. The number of aryl methyl sites for hydroxylation is 1. The Balaban J connectivity index is 1.52. The topological polar surface area (TPSA) is 92.3 Å². The van der Waals surface area contributed by atoms with E-state index in [0.29, 0.717) is 5.95 Å².